The standard InChI is InChI=1S/C17H15F3O2/c1-10-6-12-7-13(17(18,19)20)9-15(16(12)22-10)11-4-3-5-14(8-11)21-2/h3-5,7-10H,6H2,1-2H3. The van der Waals surface area contributed by atoms with Crippen molar-refractivity contribution < 1.29 is 22.6 Å². The first-order valence-electron chi connectivity index (χ1n) is 6.93. The lowest BCUT2D eigenvalue weighted by Gasteiger charge is -2.14. The van der Waals surface area contributed by atoms with E-state index in [-0.39, 0.29) is 6.10 Å². The molecule has 1 aliphatic rings. The highest BCUT2D eigenvalue weighted by Crippen LogP contribution is 2.43. The molecule has 0 aromatic heterocycles. The second-order valence-electron chi connectivity index (χ2n) is 5.37. The van der Waals surface area contributed by atoms with Crippen molar-refractivity contribution in [2.24, 2.45) is 0 Å². The molecule has 0 amide bonds. The number of benzene rings is 2. The summed E-state index contributed by atoms with van der Waals surface area (Å²) in [6.45, 7) is 1.85. The molecule has 1 aliphatic heterocycles. The Kier molecular flexibility index (Phi) is 3.51. The van der Waals surface area contributed by atoms with E-state index >= 15 is 0 Å². The van der Waals surface area contributed by atoms with Crippen LogP contribution in [0.2, 0.25) is 0 Å². The van der Waals surface area contributed by atoms with Gasteiger partial charge in [0.25, 0.3) is 0 Å². The van der Waals surface area contributed by atoms with Crippen molar-refractivity contribution in [1.82, 2.24) is 0 Å². The summed E-state index contributed by atoms with van der Waals surface area (Å²) in [7, 11) is 1.52. The number of alkyl halides is 3. The third-order valence-electron chi connectivity index (χ3n) is 3.70. The molecule has 22 heavy (non-hydrogen) atoms. The van der Waals surface area contributed by atoms with Crippen molar-refractivity contribution in [3.8, 4) is 22.6 Å². The van der Waals surface area contributed by atoms with Crippen LogP contribution in [0.4, 0.5) is 13.2 Å². The molecule has 1 atom stereocenters. The highest BCUT2D eigenvalue weighted by Gasteiger charge is 2.34. The SMILES string of the molecule is COc1cccc(-c2cc(C(F)(F)F)cc3c2OC(C)C3)c1. The molecule has 116 valence electrons. The molecule has 2 nitrogen and oxygen atoms in total. The summed E-state index contributed by atoms with van der Waals surface area (Å²) in [5, 5.41) is 0. The molecule has 0 N–H and O–H groups in total. The van der Waals surface area contributed by atoms with Crippen LogP contribution in [0.3, 0.4) is 0 Å². The van der Waals surface area contributed by atoms with Crippen LogP contribution >= 0.6 is 0 Å². The van der Waals surface area contributed by atoms with Gasteiger partial charge in [0.1, 0.15) is 17.6 Å². The Morgan fingerprint density at radius 1 is 1.18 bits per heavy atom. The van der Waals surface area contributed by atoms with Gasteiger partial charge in [0, 0.05) is 12.0 Å². The average Bonchev–Trinajstić information content (AvgIpc) is 2.85. The molecule has 0 aliphatic carbocycles. The Morgan fingerprint density at radius 3 is 2.64 bits per heavy atom. The number of ether oxygens (including phenoxy) is 2. The zero-order chi connectivity index (χ0) is 15.9. The number of methoxy groups -OCH3 is 1. The first-order chi connectivity index (χ1) is 10.4. The van der Waals surface area contributed by atoms with Crippen molar-refractivity contribution in [1.29, 1.82) is 0 Å². The maximum Gasteiger partial charge on any atom is 0.416 e. The fraction of sp³-hybridized carbons (Fsp3) is 0.294. The Hall–Kier alpha value is -2.17. The van der Waals surface area contributed by atoms with E-state index in [0.29, 0.717) is 34.6 Å². The summed E-state index contributed by atoms with van der Waals surface area (Å²) in [5.74, 6) is 1.13. The normalized spacial score (nSPS) is 17.0. The third kappa shape index (κ3) is 2.63. The van der Waals surface area contributed by atoms with Crippen LogP contribution in [0.15, 0.2) is 36.4 Å². The van der Waals surface area contributed by atoms with Crippen LogP contribution in [-0.4, -0.2) is 13.2 Å². The van der Waals surface area contributed by atoms with Crippen molar-refractivity contribution in [2.75, 3.05) is 7.11 Å². The van der Waals surface area contributed by atoms with Gasteiger partial charge in [0.2, 0.25) is 0 Å². The summed E-state index contributed by atoms with van der Waals surface area (Å²) < 4.78 is 50.3. The van der Waals surface area contributed by atoms with Crippen molar-refractivity contribution >= 4 is 0 Å². The van der Waals surface area contributed by atoms with E-state index in [9.17, 15) is 13.2 Å². The topological polar surface area (TPSA) is 18.5 Å². The molecule has 1 heterocycles. The summed E-state index contributed by atoms with van der Waals surface area (Å²) in [4.78, 5) is 0. The van der Waals surface area contributed by atoms with Crippen LogP contribution in [0.25, 0.3) is 11.1 Å². The molecule has 0 fully saturated rings. The Balaban J connectivity index is 2.19. The fourth-order valence-electron chi connectivity index (χ4n) is 2.70. The maximum absolute atomic E-state index is 13.1. The first kappa shape index (κ1) is 14.8. The maximum atomic E-state index is 13.1. The predicted octanol–water partition coefficient (Wildman–Crippen LogP) is 4.70. The molecule has 0 saturated carbocycles. The molecule has 2 aromatic rings. The van der Waals surface area contributed by atoms with E-state index in [2.05, 4.69) is 0 Å². The van der Waals surface area contributed by atoms with Crippen LogP contribution in [0.1, 0.15) is 18.1 Å². The molecule has 0 bridgehead atoms. The summed E-state index contributed by atoms with van der Waals surface area (Å²) in [5.41, 5.74) is 1.05. The van der Waals surface area contributed by atoms with Gasteiger partial charge in [-0.1, -0.05) is 12.1 Å². The van der Waals surface area contributed by atoms with Gasteiger partial charge in [-0.15, -0.1) is 0 Å². The van der Waals surface area contributed by atoms with Crippen molar-refractivity contribution in [3.05, 3.63) is 47.5 Å². The summed E-state index contributed by atoms with van der Waals surface area (Å²) in [6.07, 6.45) is -4.02. The van der Waals surface area contributed by atoms with E-state index in [1.165, 1.54) is 13.2 Å². The van der Waals surface area contributed by atoms with Gasteiger partial charge >= 0.3 is 6.18 Å². The minimum Gasteiger partial charge on any atom is -0.497 e. The molecule has 3 rings (SSSR count). The van der Waals surface area contributed by atoms with Gasteiger partial charge in [-0.3, -0.25) is 0 Å². The minimum atomic E-state index is -4.38. The van der Waals surface area contributed by atoms with Crippen LogP contribution < -0.4 is 9.47 Å². The van der Waals surface area contributed by atoms with Crippen LogP contribution in [0, 0.1) is 0 Å². The lowest BCUT2D eigenvalue weighted by Crippen LogP contribution is -2.05. The lowest BCUT2D eigenvalue weighted by atomic mass is 9.97. The molecule has 5 heteroatoms. The first-order valence-corrected chi connectivity index (χ1v) is 6.93. The number of rotatable bonds is 2. The minimum absolute atomic E-state index is 0.122. The van der Waals surface area contributed by atoms with Crippen LogP contribution in [0.5, 0.6) is 11.5 Å². The Labute approximate surface area is 126 Å². The molecule has 2 aromatic carbocycles. The lowest BCUT2D eigenvalue weighted by molar-refractivity contribution is -0.137. The van der Waals surface area contributed by atoms with E-state index in [4.69, 9.17) is 9.47 Å². The number of hydrogen-bond acceptors (Lipinski definition) is 2. The quantitative estimate of drug-likeness (QED) is 0.800. The zero-order valence-corrected chi connectivity index (χ0v) is 12.2. The van der Waals surface area contributed by atoms with Gasteiger partial charge in [-0.25, -0.2) is 0 Å². The van der Waals surface area contributed by atoms with Crippen molar-refractivity contribution in [2.45, 2.75) is 25.6 Å². The highest BCUT2D eigenvalue weighted by atomic mass is 19.4. The van der Waals surface area contributed by atoms with Gasteiger partial charge in [0.15, 0.2) is 0 Å². The summed E-state index contributed by atoms with van der Waals surface area (Å²) in [6, 6.07) is 9.29. The highest BCUT2D eigenvalue weighted by molar-refractivity contribution is 5.75. The second-order valence-corrected chi connectivity index (χ2v) is 5.37. The smallest absolute Gasteiger partial charge is 0.416 e. The molecular weight excluding hydrogens is 293 g/mol. The average molecular weight is 308 g/mol. The Bertz CT molecular complexity index is 708. The van der Waals surface area contributed by atoms with Gasteiger partial charge in [-0.2, -0.15) is 13.2 Å². The molecule has 0 spiro atoms. The van der Waals surface area contributed by atoms with E-state index < -0.39 is 11.7 Å². The third-order valence-corrected chi connectivity index (χ3v) is 3.70. The van der Waals surface area contributed by atoms with E-state index in [0.717, 1.165) is 6.07 Å². The number of halogens is 3. The molecular formula is C17H15F3O2. The Morgan fingerprint density at radius 2 is 1.95 bits per heavy atom. The zero-order valence-electron chi connectivity index (χ0n) is 12.2. The largest absolute Gasteiger partial charge is 0.497 e. The summed E-state index contributed by atoms with van der Waals surface area (Å²) >= 11 is 0. The molecule has 0 radical (unpaired) electrons. The molecule has 0 saturated heterocycles. The van der Waals surface area contributed by atoms with Gasteiger partial charge in [0.05, 0.1) is 12.7 Å². The number of fused-ring (bicyclic) bond motifs is 1. The van der Waals surface area contributed by atoms with E-state index in [1.807, 2.05) is 6.92 Å². The van der Waals surface area contributed by atoms with Gasteiger partial charge in [-0.05, 0) is 42.3 Å². The number of hydrogen-bond donors (Lipinski definition) is 0. The van der Waals surface area contributed by atoms with E-state index in [1.54, 1.807) is 24.3 Å². The second kappa shape index (κ2) is 5.23. The fourth-order valence-corrected chi connectivity index (χ4v) is 2.70. The van der Waals surface area contributed by atoms with Crippen molar-refractivity contribution in [3.63, 3.8) is 0 Å². The monoisotopic (exact) mass is 308 g/mol. The predicted molar refractivity (Wildman–Crippen MR) is 77.2 cm³/mol. The van der Waals surface area contributed by atoms with Gasteiger partial charge < -0.3 is 9.47 Å². The van der Waals surface area contributed by atoms with Crippen LogP contribution in [-0.2, 0) is 12.6 Å². The molecule has 1 unspecified atom stereocenters.